The molecular formula is C12H26N2O. The van der Waals surface area contributed by atoms with E-state index < -0.39 is 0 Å². The predicted molar refractivity (Wildman–Crippen MR) is 64.2 cm³/mol. The summed E-state index contributed by atoms with van der Waals surface area (Å²) >= 11 is 0. The molecule has 1 rings (SSSR count). The van der Waals surface area contributed by atoms with Gasteiger partial charge in [-0.05, 0) is 34.2 Å². The van der Waals surface area contributed by atoms with E-state index in [2.05, 4.69) is 44.8 Å². The van der Waals surface area contributed by atoms with Crippen LogP contribution in [0.2, 0.25) is 0 Å². The first-order valence-corrected chi connectivity index (χ1v) is 6.17. The Hall–Kier alpha value is -0.120. The monoisotopic (exact) mass is 214 g/mol. The van der Waals surface area contributed by atoms with Gasteiger partial charge in [-0.1, -0.05) is 6.92 Å². The summed E-state index contributed by atoms with van der Waals surface area (Å²) in [6.45, 7) is 14.2. The molecule has 0 saturated carbocycles. The molecule has 0 radical (unpaired) electrons. The molecular weight excluding hydrogens is 188 g/mol. The van der Waals surface area contributed by atoms with Crippen molar-refractivity contribution in [2.45, 2.75) is 58.9 Å². The van der Waals surface area contributed by atoms with E-state index in [1.807, 2.05) is 0 Å². The topological polar surface area (TPSA) is 24.5 Å². The number of nitrogens with zero attached hydrogens (tertiary/aromatic N) is 1. The minimum atomic E-state index is 0.366. The zero-order chi connectivity index (χ0) is 11.4. The standard InChI is InChI=1S/C12H26N2O/c1-6-13-11(4)12(5)14-7-9(2)15-10(3)8-14/h9-13H,6-8H2,1-5H3/t9-,10+,11?,12?. The Balaban J connectivity index is 2.47. The van der Waals surface area contributed by atoms with Crippen LogP contribution in [0, 0.1) is 0 Å². The second kappa shape index (κ2) is 5.83. The summed E-state index contributed by atoms with van der Waals surface area (Å²) in [5.74, 6) is 0. The van der Waals surface area contributed by atoms with Gasteiger partial charge >= 0.3 is 0 Å². The molecule has 1 aliphatic heterocycles. The molecule has 0 aliphatic carbocycles. The third-order valence-corrected chi connectivity index (χ3v) is 3.27. The second-order valence-electron chi connectivity index (χ2n) is 4.80. The molecule has 1 fully saturated rings. The molecule has 4 atom stereocenters. The van der Waals surface area contributed by atoms with Crippen LogP contribution in [0.4, 0.5) is 0 Å². The van der Waals surface area contributed by atoms with E-state index in [0.29, 0.717) is 24.3 Å². The number of rotatable bonds is 4. The molecule has 1 N–H and O–H groups in total. The fraction of sp³-hybridized carbons (Fsp3) is 1.00. The van der Waals surface area contributed by atoms with Gasteiger partial charge in [0.05, 0.1) is 12.2 Å². The van der Waals surface area contributed by atoms with Crippen molar-refractivity contribution in [2.24, 2.45) is 0 Å². The molecule has 0 amide bonds. The van der Waals surface area contributed by atoms with Crippen molar-refractivity contribution < 1.29 is 4.74 Å². The van der Waals surface area contributed by atoms with Gasteiger partial charge in [0.1, 0.15) is 0 Å². The maximum absolute atomic E-state index is 5.74. The Morgan fingerprint density at radius 3 is 2.27 bits per heavy atom. The van der Waals surface area contributed by atoms with Gasteiger partial charge in [0.15, 0.2) is 0 Å². The first-order valence-electron chi connectivity index (χ1n) is 6.17. The second-order valence-corrected chi connectivity index (χ2v) is 4.80. The van der Waals surface area contributed by atoms with E-state index in [9.17, 15) is 0 Å². The summed E-state index contributed by atoms with van der Waals surface area (Å²) in [7, 11) is 0. The Morgan fingerprint density at radius 2 is 1.80 bits per heavy atom. The summed E-state index contributed by atoms with van der Waals surface area (Å²) in [5, 5.41) is 3.49. The number of morpholine rings is 1. The highest BCUT2D eigenvalue weighted by molar-refractivity contribution is 4.83. The highest BCUT2D eigenvalue weighted by Gasteiger charge is 2.27. The normalized spacial score (nSPS) is 32.6. The summed E-state index contributed by atoms with van der Waals surface area (Å²) in [6.07, 6.45) is 0.732. The molecule has 1 heterocycles. The third-order valence-electron chi connectivity index (χ3n) is 3.27. The quantitative estimate of drug-likeness (QED) is 0.767. The van der Waals surface area contributed by atoms with Crippen LogP contribution in [0.15, 0.2) is 0 Å². The van der Waals surface area contributed by atoms with Gasteiger partial charge < -0.3 is 10.1 Å². The van der Waals surface area contributed by atoms with Crippen LogP contribution in [0.3, 0.4) is 0 Å². The maximum Gasteiger partial charge on any atom is 0.0678 e. The van der Waals surface area contributed by atoms with Crippen LogP contribution >= 0.6 is 0 Å². The summed E-state index contributed by atoms with van der Waals surface area (Å²) in [5.41, 5.74) is 0. The van der Waals surface area contributed by atoms with Crippen molar-refractivity contribution in [2.75, 3.05) is 19.6 Å². The van der Waals surface area contributed by atoms with E-state index in [1.165, 1.54) is 0 Å². The lowest BCUT2D eigenvalue weighted by molar-refractivity contribution is -0.0813. The summed E-state index contributed by atoms with van der Waals surface area (Å²) in [4.78, 5) is 2.53. The Bertz CT molecular complexity index is 176. The summed E-state index contributed by atoms with van der Waals surface area (Å²) < 4.78 is 5.74. The van der Waals surface area contributed by atoms with Gasteiger partial charge in [-0.25, -0.2) is 0 Å². The summed E-state index contributed by atoms with van der Waals surface area (Å²) in [6, 6.07) is 1.13. The van der Waals surface area contributed by atoms with E-state index in [4.69, 9.17) is 4.74 Å². The molecule has 0 aromatic heterocycles. The highest BCUT2D eigenvalue weighted by Crippen LogP contribution is 2.15. The lowest BCUT2D eigenvalue weighted by Crippen LogP contribution is -2.54. The number of ether oxygens (including phenoxy) is 1. The molecule has 0 spiro atoms. The van der Waals surface area contributed by atoms with Crippen molar-refractivity contribution in [3.63, 3.8) is 0 Å². The minimum absolute atomic E-state index is 0.366. The number of hydrogen-bond acceptors (Lipinski definition) is 3. The largest absolute Gasteiger partial charge is 0.373 e. The third kappa shape index (κ3) is 3.74. The first kappa shape index (κ1) is 12.9. The molecule has 1 aliphatic rings. The maximum atomic E-state index is 5.74. The van der Waals surface area contributed by atoms with Gasteiger partial charge in [0, 0.05) is 25.2 Å². The molecule has 15 heavy (non-hydrogen) atoms. The zero-order valence-electron chi connectivity index (χ0n) is 10.8. The smallest absolute Gasteiger partial charge is 0.0678 e. The van der Waals surface area contributed by atoms with Crippen molar-refractivity contribution >= 4 is 0 Å². The average Bonchev–Trinajstić information content (AvgIpc) is 2.15. The minimum Gasteiger partial charge on any atom is -0.373 e. The molecule has 0 aromatic carbocycles. The van der Waals surface area contributed by atoms with Crippen molar-refractivity contribution in [3.05, 3.63) is 0 Å². The van der Waals surface area contributed by atoms with Crippen molar-refractivity contribution in [1.29, 1.82) is 0 Å². The Kier molecular flexibility index (Phi) is 5.03. The fourth-order valence-electron chi connectivity index (χ4n) is 2.36. The van der Waals surface area contributed by atoms with Gasteiger partial charge in [0.25, 0.3) is 0 Å². The molecule has 0 aromatic rings. The van der Waals surface area contributed by atoms with Crippen LogP contribution < -0.4 is 5.32 Å². The number of hydrogen-bond donors (Lipinski definition) is 1. The number of nitrogens with one attached hydrogen (secondary N) is 1. The van der Waals surface area contributed by atoms with E-state index in [0.717, 1.165) is 19.6 Å². The van der Waals surface area contributed by atoms with Crippen LogP contribution in [-0.4, -0.2) is 48.8 Å². The predicted octanol–water partition coefficient (Wildman–Crippen LogP) is 1.48. The van der Waals surface area contributed by atoms with Crippen molar-refractivity contribution in [1.82, 2.24) is 10.2 Å². The molecule has 1 saturated heterocycles. The van der Waals surface area contributed by atoms with E-state index >= 15 is 0 Å². The highest BCUT2D eigenvalue weighted by atomic mass is 16.5. The first-order chi connectivity index (χ1) is 7.04. The van der Waals surface area contributed by atoms with Crippen LogP contribution in [0.25, 0.3) is 0 Å². The van der Waals surface area contributed by atoms with Crippen LogP contribution in [-0.2, 0) is 4.74 Å². The Labute approximate surface area is 94.2 Å². The van der Waals surface area contributed by atoms with Gasteiger partial charge in [0.2, 0.25) is 0 Å². The molecule has 0 bridgehead atoms. The van der Waals surface area contributed by atoms with Gasteiger partial charge in [-0.15, -0.1) is 0 Å². The van der Waals surface area contributed by atoms with Crippen molar-refractivity contribution in [3.8, 4) is 0 Å². The molecule has 2 unspecified atom stereocenters. The Morgan fingerprint density at radius 1 is 1.27 bits per heavy atom. The van der Waals surface area contributed by atoms with Crippen LogP contribution in [0.5, 0.6) is 0 Å². The average molecular weight is 214 g/mol. The molecule has 3 heteroatoms. The lowest BCUT2D eigenvalue weighted by atomic mass is 10.1. The van der Waals surface area contributed by atoms with E-state index in [-0.39, 0.29) is 0 Å². The molecule has 90 valence electrons. The van der Waals surface area contributed by atoms with Gasteiger partial charge in [-0.3, -0.25) is 4.90 Å². The van der Waals surface area contributed by atoms with Gasteiger partial charge in [-0.2, -0.15) is 0 Å². The van der Waals surface area contributed by atoms with E-state index in [1.54, 1.807) is 0 Å². The zero-order valence-corrected chi connectivity index (χ0v) is 10.8. The fourth-order valence-corrected chi connectivity index (χ4v) is 2.36. The van der Waals surface area contributed by atoms with Crippen LogP contribution in [0.1, 0.15) is 34.6 Å². The molecule has 3 nitrogen and oxygen atoms in total. The number of likely N-dealkylation sites (N-methyl/N-ethyl adjacent to an activating group) is 1. The lowest BCUT2D eigenvalue weighted by Gasteiger charge is -2.41. The SMILES string of the molecule is CCNC(C)C(C)N1C[C@@H](C)O[C@@H](C)C1.